The van der Waals surface area contributed by atoms with Crippen LogP contribution in [0.1, 0.15) is 19.8 Å². The lowest BCUT2D eigenvalue weighted by Crippen LogP contribution is -2.55. The normalized spacial score (nSPS) is 14.8. The van der Waals surface area contributed by atoms with E-state index in [-0.39, 0.29) is 0 Å². The van der Waals surface area contributed by atoms with Crippen LogP contribution >= 0.6 is 0 Å². The molecule has 0 aromatic heterocycles. The summed E-state index contributed by atoms with van der Waals surface area (Å²) in [5.74, 6) is -0.811. The summed E-state index contributed by atoms with van der Waals surface area (Å²) in [7, 11) is -5.20. The van der Waals surface area contributed by atoms with Crippen molar-refractivity contribution in [2.75, 3.05) is 0 Å². The van der Waals surface area contributed by atoms with Crippen LogP contribution in [0.4, 0.5) is 0 Å². The van der Waals surface area contributed by atoms with E-state index in [1.165, 1.54) is 0 Å². The van der Waals surface area contributed by atoms with Crippen molar-refractivity contribution in [1.29, 1.82) is 0 Å². The zero-order valence-corrected chi connectivity index (χ0v) is 17.6. The quantitative estimate of drug-likeness (QED) is 0.465. The second-order valence-corrected chi connectivity index (χ2v) is 21.4. The SMILES string of the molecule is CCCC(O[Si](C)(C)C)(O[Si](C)(C)C)O[Si](C)(C)C. The molecule has 116 valence electrons. The van der Waals surface area contributed by atoms with Gasteiger partial charge in [-0.15, -0.1) is 0 Å². The molecule has 0 aromatic rings. The van der Waals surface area contributed by atoms with E-state index in [2.05, 4.69) is 65.8 Å². The Balaban J connectivity index is 5.34. The highest BCUT2D eigenvalue weighted by Crippen LogP contribution is 2.32. The molecule has 0 aromatic carbocycles. The van der Waals surface area contributed by atoms with Crippen LogP contribution in [0.2, 0.25) is 58.9 Å². The standard InChI is InChI=1S/C13H34O3Si3/c1-11-12-13(14-17(2,3)4,15-18(5,6)7)16-19(8,9)10/h11-12H2,1-10H3. The fraction of sp³-hybridized carbons (Fsp3) is 1.00. The second kappa shape index (κ2) is 6.53. The molecule has 0 unspecified atom stereocenters. The van der Waals surface area contributed by atoms with Crippen molar-refractivity contribution < 1.29 is 13.3 Å². The van der Waals surface area contributed by atoms with Crippen molar-refractivity contribution in [1.82, 2.24) is 0 Å². The molecule has 0 aliphatic rings. The Morgan fingerprint density at radius 1 is 0.632 bits per heavy atom. The molecule has 0 fully saturated rings. The zero-order chi connectivity index (χ0) is 15.5. The third-order valence-corrected chi connectivity index (χ3v) is 4.71. The summed E-state index contributed by atoms with van der Waals surface area (Å²) in [4.78, 5) is 0. The fourth-order valence-corrected chi connectivity index (χ4v) is 5.53. The predicted molar refractivity (Wildman–Crippen MR) is 90.9 cm³/mol. The molecule has 0 rings (SSSR count). The Kier molecular flexibility index (Phi) is 6.71. The summed E-state index contributed by atoms with van der Waals surface area (Å²) >= 11 is 0. The molecule has 0 atom stereocenters. The van der Waals surface area contributed by atoms with Crippen LogP contribution in [0.15, 0.2) is 0 Å². The summed E-state index contributed by atoms with van der Waals surface area (Å²) in [6.07, 6.45) is 1.81. The van der Waals surface area contributed by atoms with Crippen LogP contribution in [0.25, 0.3) is 0 Å². The minimum Gasteiger partial charge on any atom is -0.371 e. The van der Waals surface area contributed by atoms with Gasteiger partial charge in [-0.2, -0.15) is 0 Å². The lowest BCUT2D eigenvalue weighted by Gasteiger charge is -2.45. The minimum absolute atomic E-state index is 0.811. The van der Waals surface area contributed by atoms with Gasteiger partial charge >= 0.3 is 0 Å². The van der Waals surface area contributed by atoms with Crippen molar-refractivity contribution in [2.24, 2.45) is 0 Å². The van der Waals surface area contributed by atoms with Crippen LogP contribution in [-0.2, 0) is 13.3 Å². The molecule has 0 amide bonds. The average molecular weight is 323 g/mol. The summed E-state index contributed by atoms with van der Waals surface area (Å²) in [5, 5.41) is 0. The van der Waals surface area contributed by atoms with Gasteiger partial charge in [0.2, 0.25) is 0 Å². The Morgan fingerprint density at radius 2 is 0.895 bits per heavy atom. The van der Waals surface area contributed by atoms with Crippen molar-refractivity contribution >= 4 is 25.0 Å². The Hall–Kier alpha value is 0.531. The number of hydrogen-bond donors (Lipinski definition) is 0. The van der Waals surface area contributed by atoms with E-state index in [1.54, 1.807) is 0 Å². The highest BCUT2D eigenvalue weighted by molar-refractivity contribution is 6.72. The molecule has 3 nitrogen and oxygen atoms in total. The fourth-order valence-electron chi connectivity index (χ4n) is 1.92. The molecule has 0 N–H and O–H groups in total. The average Bonchev–Trinajstić information content (AvgIpc) is 1.90. The largest absolute Gasteiger partial charge is 0.371 e. The van der Waals surface area contributed by atoms with E-state index in [9.17, 15) is 0 Å². The van der Waals surface area contributed by atoms with Gasteiger partial charge in [0.15, 0.2) is 25.0 Å². The Bertz CT molecular complexity index is 234. The first-order valence-corrected chi connectivity index (χ1v) is 17.5. The zero-order valence-electron chi connectivity index (χ0n) is 14.6. The van der Waals surface area contributed by atoms with Crippen LogP contribution in [-0.4, -0.2) is 30.9 Å². The minimum atomic E-state index is -1.73. The summed E-state index contributed by atoms with van der Waals surface area (Å²) in [5.41, 5.74) is 0. The molecule has 0 aliphatic heterocycles. The molecule has 0 radical (unpaired) electrons. The molecule has 0 aliphatic carbocycles. The Labute approximate surface area is 123 Å². The van der Waals surface area contributed by atoms with Gasteiger partial charge < -0.3 is 13.3 Å². The summed E-state index contributed by atoms with van der Waals surface area (Å²) in [6.45, 7) is 21.9. The monoisotopic (exact) mass is 322 g/mol. The first-order valence-electron chi connectivity index (χ1n) is 7.29. The van der Waals surface area contributed by atoms with Gasteiger partial charge in [0.25, 0.3) is 5.97 Å². The van der Waals surface area contributed by atoms with Crippen molar-refractivity contribution in [2.45, 2.75) is 84.7 Å². The molecule has 0 bridgehead atoms. The van der Waals surface area contributed by atoms with Gasteiger partial charge in [-0.05, 0) is 65.3 Å². The highest BCUT2D eigenvalue weighted by Gasteiger charge is 2.44. The van der Waals surface area contributed by atoms with Crippen molar-refractivity contribution in [3.63, 3.8) is 0 Å². The van der Waals surface area contributed by atoms with Crippen LogP contribution in [0.5, 0.6) is 0 Å². The van der Waals surface area contributed by atoms with Crippen molar-refractivity contribution in [3.8, 4) is 0 Å². The second-order valence-electron chi connectivity index (χ2n) is 8.08. The van der Waals surface area contributed by atoms with E-state index in [0.717, 1.165) is 12.8 Å². The molecule has 0 saturated heterocycles. The highest BCUT2D eigenvalue weighted by atomic mass is 28.4. The van der Waals surface area contributed by atoms with Gasteiger partial charge in [-0.25, -0.2) is 0 Å². The molecule has 19 heavy (non-hydrogen) atoms. The van der Waals surface area contributed by atoms with Gasteiger partial charge in [-0.3, -0.25) is 0 Å². The van der Waals surface area contributed by atoms with Gasteiger partial charge in [0, 0.05) is 6.42 Å². The lowest BCUT2D eigenvalue weighted by atomic mass is 10.3. The molecule has 0 heterocycles. The first-order chi connectivity index (χ1) is 8.18. The molecular weight excluding hydrogens is 288 g/mol. The molecule has 0 spiro atoms. The van der Waals surface area contributed by atoms with Crippen LogP contribution in [0.3, 0.4) is 0 Å². The third kappa shape index (κ3) is 9.98. The summed E-state index contributed by atoms with van der Waals surface area (Å²) < 4.78 is 19.1. The maximum Gasteiger partial charge on any atom is 0.254 e. The predicted octanol–water partition coefficient (Wildman–Crippen LogP) is 4.99. The van der Waals surface area contributed by atoms with Gasteiger partial charge in [-0.1, -0.05) is 6.92 Å². The molecule has 6 heteroatoms. The van der Waals surface area contributed by atoms with Gasteiger partial charge in [0.1, 0.15) is 0 Å². The smallest absolute Gasteiger partial charge is 0.254 e. The topological polar surface area (TPSA) is 27.7 Å². The third-order valence-electron chi connectivity index (χ3n) is 1.94. The van der Waals surface area contributed by atoms with E-state index in [4.69, 9.17) is 13.3 Å². The van der Waals surface area contributed by atoms with Crippen LogP contribution in [0, 0.1) is 0 Å². The maximum absolute atomic E-state index is 6.38. The number of hydrogen-bond acceptors (Lipinski definition) is 3. The van der Waals surface area contributed by atoms with Gasteiger partial charge in [0.05, 0.1) is 0 Å². The van der Waals surface area contributed by atoms with E-state index in [0.29, 0.717) is 0 Å². The Morgan fingerprint density at radius 3 is 1.05 bits per heavy atom. The van der Waals surface area contributed by atoms with Crippen LogP contribution < -0.4 is 0 Å². The van der Waals surface area contributed by atoms with E-state index in [1.807, 2.05) is 0 Å². The molecular formula is C13H34O3Si3. The number of rotatable bonds is 8. The van der Waals surface area contributed by atoms with E-state index >= 15 is 0 Å². The lowest BCUT2D eigenvalue weighted by molar-refractivity contribution is -0.273. The summed E-state index contributed by atoms with van der Waals surface area (Å²) in [6, 6.07) is 0. The molecule has 0 saturated carbocycles. The van der Waals surface area contributed by atoms with Crippen molar-refractivity contribution in [3.05, 3.63) is 0 Å². The van der Waals surface area contributed by atoms with E-state index < -0.39 is 30.9 Å². The maximum atomic E-state index is 6.38. The first kappa shape index (κ1) is 19.5.